The Balaban J connectivity index is 2.10. The molecule has 0 saturated carbocycles. The zero-order valence-electron chi connectivity index (χ0n) is 13.0. The molecule has 5 heteroatoms. The van der Waals surface area contributed by atoms with E-state index in [0.29, 0.717) is 26.3 Å². The van der Waals surface area contributed by atoms with Gasteiger partial charge in [0.05, 0.1) is 25.7 Å². The molecule has 21 heavy (non-hydrogen) atoms. The van der Waals surface area contributed by atoms with Crippen molar-refractivity contribution in [3.8, 4) is 5.75 Å². The molecule has 0 bridgehead atoms. The van der Waals surface area contributed by atoms with Crippen LogP contribution in [0.1, 0.15) is 19.4 Å². The van der Waals surface area contributed by atoms with Gasteiger partial charge < -0.3 is 20.1 Å². The Morgan fingerprint density at radius 2 is 2.14 bits per heavy atom. The van der Waals surface area contributed by atoms with E-state index in [4.69, 9.17) is 15.2 Å². The first-order valence-electron chi connectivity index (χ1n) is 7.27. The number of hydrogen-bond acceptors (Lipinski definition) is 4. The third-order valence-corrected chi connectivity index (χ3v) is 4.21. The van der Waals surface area contributed by atoms with Gasteiger partial charge in [0.25, 0.3) is 0 Å². The number of amides is 1. The molecule has 2 unspecified atom stereocenters. The maximum absolute atomic E-state index is 12.8. The first kappa shape index (κ1) is 15.8. The molecule has 5 nitrogen and oxygen atoms in total. The van der Waals surface area contributed by atoms with Crippen molar-refractivity contribution in [2.45, 2.75) is 26.4 Å². The summed E-state index contributed by atoms with van der Waals surface area (Å²) in [4.78, 5) is 14.6. The molecule has 116 valence electrons. The van der Waals surface area contributed by atoms with Crippen molar-refractivity contribution in [2.24, 2.45) is 11.1 Å². The van der Waals surface area contributed by atoms with Crippen molar-refractivity contribution in [2.75, 3.05) is 26.9 Å². The van der Waals surface area contributed by atoms with E-state index in [1.165, 1.54) is 0 Å². The first-order valence-corrected chi connectivity index (χ1v) is 7.27. The highest BCUT2D eigenvalue weighted by Gasteiger charge is 2.46. The molecule has 1 aromatic rings. The number of rotatable bonds is 5. The van der Waals surface area contributed by atoms with Crippen LogP contribution in [0.2, 0.25) is 0 Å². The van der Waals surface area contributed by atoms with Crippen LogP contribution in [0.15, 0.2) is 24.3 Å². The van der Waals surface area contributed by atoms with Gasteiger partial charge in [0.1, 0.15) is 5.75 Å². The quantitative estimate of drug-likeness (QED) is 0.891. The standard InChI is InChI=1S/C16H24N2O3/c1-4-18(9-12-5-7-13(20-3)8-6-12)15(19)16(2)11-21-10-14(16)17/h5-8,14H,4,9-11,17H2,1-3H3. The highest BCUT2D eigenvalue weighted by molar-refractivity contribution is 5.83. The second kappa shape index (κ2) is 6.45. The van der Waals surface area contributed by atoms with Gasteiger partial charge in [-0.2, -0.15) is 0 Å². The van der Waals surface area contributed by atoms with Crippen molar-refractivity contribution >= 4 is 5.91 Å². The molecule has 0 spiro atoms. The van der Waals surface area contributed by atoms with Crippen LogP contribution < -0.4 is 10.5 Å². The largest absolute Gasteiger partial charge is 0.497 e. The molecule has 2 N–H and O–H groups in total. The van der Waals surface area contributed by atoms with Crippen LogP contribution in [0.5, 0.6) is 5.75 Å². The highest BCUT2D eigenvalue weighted by Crippen LogP contribution is 2.30. The van der Waals surface area contributed by atoms with Gasteiger partial charge in [0.2, 0.25) is 5.91 Å². The number of benzene rings is 1. The zero-order chi connectivity index (χ0) is 15.5. The predicted octanol–water partition coefficient (Wildman–Crippen LogP) is 1.41. The fourth-order valence-electron chi connectivity index (χ4n) is 2.55. The average Bonchev–Trinajstić information content (AvgIpc) is 2.85. The lowest BCUT2D eigenvalue weighted by molar-refractivity contribution is -0.142. The molecule has 1 fully saturated rings. The van der Waals surface area contributed by atoms with Crippen molar-refractivity contribution in [1.29, 1.82) is 0 Å². The van der Waals surface area contributed by atoms with Gasteiger partial charge >= 0.3 is 0 Å². The summed E-state index contributed by atoms with van der Waals surface area (Å²) in [5.74, 6) is 0.872. The van der Waals surface area contributed by atoms with Gasteiger partial charge in [0.15, 0.2) is 0 Å². The minimum Gasteiger partial charge on any atom is -0.497 e. The molecule has 1 aliphatic rings. The van der Waals surface area contributed by atoms with E-state index in [-0.39, 0.29) is 11.9 Å². The van der Waals surface area contributed by atoms with E-state index in [0.717, 1.165) is 11.3 Å². The van der Waals surface area contributed by atoms with Crippen molar-refractivity contribution in [3.05, 3.63) is 29.8 Å². The summed E-state index contributed by atoms with van der Waals surface area (Å²) in [7, 11) is 1.64. The Hall–Kier alpha value is -1.59. The maximum atomic E-state index is 12.8. The van der Waals surface area contributed by atoms with Crippen LogP contribution in [-0.4, -0.2) is 43.7 Å². The second-order valence-electron chi connectivity index (χ2n) is 5.71. The third-order valence-electron chi connectivity index (χ3n) is 4.21. The minimum absolute atomic E-state index is 0.0609. The van der Waals surface area contributed by atoms with Crippen LogP contribution in [0.4, 0.5) is 0 Å². The molecule has 1 aromatic carbocycles. The van der Waals surface area contributed by atoms with Gasteiger partial charge in [-0.25, -0.2) is 0 Å². The molecule has 0 aliphatic carbocycles. The smallest absolute Gasteiger partial charge is 0.232 e. The van der Waals surface area contributed by atoms with Gasteiger partial charge in [0, 0.05) is 19.1 Å². The summed E-state index contributed by atoms with van der Waals surface area (Å²) < 4.78 is 10.5. The molecule has 1 aliphatic heterocycles. The lowest BCUT2D eigenvalue weighted by Gasteiger charge is -2.32. The Kier molecular flexibility index (Phi) is 4.85. The normalized spacial score (nSPS) is 24.9. The van der Waals surface area contributed by atoms with E-state index >= 15 is 0 Å². The van der Waals surface area contributed by atoms with Crippen molar-refractivity contribution in [3.63, 3.8) is 0 Å². The Labute approximate surface area is 126 Å². The summed E-state index contributed by atoms with van der Waals surface area (Å²) >= 11 is 0. The number of carbonyl (C=O) groups excluding carboxylic acids is 1. The summed E-state index contributed by atoms with van der Waals surface area (Å²) in [6.07, 6.45) is 0. The lowest BCUT2D eigenvalue weighted by atomic mass is 9.84. The minimum atomic E-state index is -0.623. The molecular formula is C16H24N2O3. The SMILES string of the molecule is CCN(Cc1ccc(OC)cc1)C(=O)C1(C)COCC1N. The fraction of sp³-hybridized carbons (Fsp3) is 0.562. The van der Waals surface area contributed by atoms with E-state index in [2.05, 4.69) is 0 Å². The maximum Gasteiger partial charge on any atom is 0.232 e. The van der Waals surface area contributed by atoms with Gasteiger partial charge in [-0.05, 0) is 31.5 Å². The molecule has 1 heterocycles. The van der Waals surface area contributed by atoms with Crippen molar-refractivity contribution in [1.82, 2.24) is 4.90 Å². The average molecular weight is 292 g/mol. The van der Waals surface area contributed by atoms with Crippen LogP contribution in [-0.2, 0) is 16.1 Å². The molecular weight excluding hydrogens is 268 g/mol. The van der Waals surface area contributed by atoms with E-state index < -0.39 is 5.41 Å². The van der Waals surface area contributed by atoms with Crippen LogP contribution in [0.3, 0.4) is 0 Å². The Morgan fingerprint density at radius 3 is 2.62 bits per heavy atom. The summed E-state index contributed by atoms with van der Waals surface area (Å²) in [6, 6.07) is 7.51. The summed E-state index contributed by atoms with van der Waals surface area (Å²) in [5.41, 5.74) is 6.50. The Morgan fingerprint density at radius 1 is 1.48 bits per heavy atom. The van der Waals surface area contributed by atoms with Gasteiger partial charge in [-0.3, -0.25) is 4.79 Å². The van der Waals surface area contributed by atoms with Crippen LogP contribution in [0.25, 0.3) is 0 Å². The topological polar surface area (TPSA) is 64.8 Å². The number of ether oxygens (including phenoxy) is 2. The predicted molar refractivity (Wildman–Crippen MR) is 81.0 cm³/mol. The molecule has 0 aromatic heterocycles. The lowest BCUT2D eigenvalue weighted by Crippen LogP contribution is -2.51. The second-order valence-corrected chi connectivity index (χ2v) is 5.71. The summed E-state index contributed by atoms with van der Waals surface area (Å²) in [6.45, 7) is 5.93. The molecule has 2 rings (SSSR count). The highest BCUT2D eigenvalue weighted by atomic mass is 16.5. The first-order chi connectivity index (χ1) is 10.0. The van der Waals surface area contributed by atoms with Gasteiger partial charge in [-0.15, -0.1) is 0 Å². The number of nitrogens with two attached hydrogens (primary N) is 1. The Bertz CT molecular complexity index is 489. The van der Waals surface area contributed by atoms with Crippen LogP contribution in [0, 0.1) is 5.41 Å². The monoisotopic (exact) mass is 292 g/mol. The van der Waals surface area contributed by atoms with E-state index in [9.17, 15) is 4.79 Å². The van der Waals surface area contributed by atoms with E-state index in [1.54, 1.807) is 7.11 Å². The number of nitrogens with zero attached hydrogens (tertiary/aromatic N) is 1. The number of carbonyl (C=O) groups is 1. The van der Waals surface area contributed by atoms with Crippen molar-refractivity contribution < 1.29 is 14.3 Å². The zero-order valence-corrected chi connectivity index (χ0v) is 13.0. The van der Waals surface area contributed by atoms with Gasteiger partial charge in [-0.1, -0.05) is 12.1 Å². The molecule has 1 saturated heterocycles. The molecule has 1 amide bonds. The summed E-state index contributed by atoms with van der Waals surface area (Å²) in [5, 5.41) is 0. The van der Waals surface area contributed by atoms with E-state index in [1.807, 2.05) is 43.0 Å². The number of methoxy groups -OCH3 is 1. The third kappa shape index (κ3) is 3.19. The molecule has 2 atom stereocenters. The van der Waals surface area contributed by atoms with Crippen LogP contribution >= 0.6 is 0 Å². The fourth-order valence-corrected chi connectivity index (χ4v) is 2.55. The number of hydrogen-bond donors (Lipinski definition) is 1. The molecule has 0 radical (unpaired) electrons.